The summed E-state index contributed by atoms with van der Waals surface area (Å²) in [6.45, 7) is 2.44. The number of halogens is 1. The Kier molecular flexibility index (Phi) is 5.83. The molecule has 9 heteroatoms. The number of benzene rings is 2. The van der Waals surface area contributed by atoms with Gasteiger partial charge in [0.15, 0.2) is 11.5 Å². The van der Waals surface area contributed by atoms with Crippen molar-refractivity contribution in [3.8, 4) is 11.5 Å². The highest BCUT2D eigenvalue weighted by Crippen LogP contribution is 2.29. The van der Waals surface area contributed by atoms with Crippen LogP contribution in [0.5, 0.6) is 11.5 Å². The number of nitrogen functional groups attached to an aromatic ring is 1. The van der Waals surface area contributed by atoms with Crippen LogP contribution in [0.3, 0.4) is 0 Å². The molecule has 1 heterocycles. The van der Waals surface area contributed by atoms with E-state index in [0.717, 1.165) is 5.56 Å². The van der Waals surface area contributed by atoms with E-state index in [1.165, 1.54) is 17.1 Å². The Morgan fingerprint density at radius 3 is 2.81 bits per heavy atom. The van der Waals surface area contributed by atoms with E-state index in [1.54, 1.807) is 42.6 Å². The predicted molar refractivity (Wildman–Crippen MR) is 99.7 cm³/mol. The van der Waals surface area contributed by atoms with Crippen LogP contribution in [0, 0.1) is 5.82 Å². The van der Waals surface area contributed by atoms with Gasteiger partial charge in [-0.3, -0.25) is 0 Å². The molecule has 140 valence electrons. The van der Waals surface area contributed by atoms with Crippen molar-refractivity contribution in [3.63, 3.8) is 0 Å². The van der Waals surface area contributed by atoms with E-state index in [4.69, 9.17) is 15.3 Å². The molecule has 3 rings (SSSR count). The Balaban J connectivity index is 1.70. The first-order valence-electron chi connectivity index (χ1n) is 8.24. The molecule has 0 aliphatic heterocycles. The first-order valence-corrected chi connectivity index (χ1v) is 8.24. The second-order valence-corrected chi connectivity index (χ2v) is 5.45. The summed E-state index contributed by atoms with van der Waals surface area (Å²) < 4.78 is 26.3. The van der Waals surface area contributed by atoms with Crippen LogP contribution in [0.4, 0.5) is 10.3 Å². The van der Waals surface area contributed by atoms with Crippen molar-refractivity contribution >= 4 is 12.2 Å². The number of ether oxygens (including phenoxy) is 2. The second-order valence-electron chi connectivity index (χ2n) is 5.45. The minimum atomic E-state index is -0.307. The lowest BCUT2D eigenvalue weighted by Crippen LogP contribution is -2.10. The molecule has 0 amide bonds. The standard InChI is InChI=1S/C18H19FN6O2/c1-2-26-17-9-13(10-21-23-18-24-22-12-25(18)20)7-8-16(17)27-11-14-5-3-4-6-15(14)19/h3-10,12H,2,11,20H2,1H3,(H,23,24). The maximum absolute atomic E-state index is 13.7. The van der Waals surface area contributed by atoms with Crippen molar-refractivity contribution in [2.75, 3.05) is 17.9 Å². The lowest BCUT2D eigenvalue weighted by molar-refractivity contribution is 0.266. The summed E-state index contributed by atoms with van der Waals surface area (Å²) in [4.78, 5) is 0. The normalized spacial score (nSPS) is 10.9. The van der Waals surface area contributed by atoms with Crippen molar-refractivity contribution in [3.05, 3.63) is 65.7 Å². The van der Waals surface area contributed by atoms with Crippen LogP contribution in [0.1, 0.15) is 18.1 Å². The molecule has 0 bridgehead atoms. The lowest BCUT2D eigenvalue weighted by Gasteiger charge is -2.13. The van der Waals surface area contributed by atoms with Gasteiger partial charge in [0, 0.05) is 5.56 Å². The predicted octanol–water partition coefficient (Wildman–Crippen LogP) is 2.55. The zero-order valence-corrected chi connectivity index (χ0v) is 14.7. The first-order chi connectivity index (χ1) is 13.2. The van der Waals surface area contributed by atoms with Crippen LogP contribution >= 0.6 is 0 Å². The molecule has 2 aromatic carbocycles. The van der Waals surface area contributed by atoms with E-state index < -0.39 is 0 Å². The zero-order valence-electron chi connectivity index (χ0n) is 14.7. The summed E-state index contributed by atoms with van der Waals surface area (Å²) in [6.07, 6.45) is 2.94. The van der Waals surface area contributed by atoms with Crippen LogP contribution in [0.2, 0.25) is 0 Å². The molecule has 0 fully saturated rings. The van der Waals surface area contributed by atoms with Gasteiger partial charge in [-0.05, 0) is 36.8 Å². The lowest BCUT2D eigenvalue weighted by atomic mass is 10.2. The second kappa shape index (κ2) is 8.65. The molecule has 3 N–H and O–H groups in total. The fraction of sp³-hybridized carbons (Fsp3) is 0.167. The molecular formula is C18H19FN6O2. The van der Waals surface area contributed by atoms with Gasteiger partial charge < -0.3 is 15.3 Å². The Hall–Kier alpha value is -3.62. The molecular weight excluding hydrogens is 351 g/mol. The molecule has 0 saturated carbocycles. The number of hydrogen-bond donors (Lipinski definition) is 2. The number of hydrazone groups is 1. The van der Waals surface area contributed by atoms with E-state index in [-0.39, 0.29) is 12.4 Å². The monoisotopic (exact) mass is 370 g/mol. The Morgan fingerprint density at radius 1 is 1.22 bits per heavy atom. The van der Waals surface area contributed by atoms with E-state index in [2.05, 4.69) is 20.7 Å². The summed E-state index contributed by atoms with van der Waals surface area (Å²) in [5.74, 6) is 6.65. The largest absolute Gasteiger partial charge is 0.490 e. The zero-order chi connectivity index (χ0) is 19.1. The Morgan fingerprint density at radius 2 is 2.07 bits per heavy atom. The number of nitrogens with one attached hydrogen (secondary N) is 1. The highest BCUT2D eigenvalue weighted by atomic mass is 19.1. The summed E-state index contributed by atoms with van der Waals surface area (Å²) in [7, 11) is 0. The van der Waals surface area contributed by atoms with E-state index in [9.17, 15) is 4.39 Å². The Labute approximate surface area is 155 Å². The van der Waals surface area contributed by atoms with Gasteiger partial charge in [-0.15, -0.1) is 10.2 Å². The SMILES string of the molecule is CCOc1cc(C=NNc2nncn2N)ccc1OCc1ccccc1F. The summed E-state index contributed by atoms with van der Waals surface area (Å²) in [6, 6.07) is 11.8. The van der Waals surface area contributed by atoms with Gasteiger partial charge in [-0.1, -0.05) is 18.2 Å². The highest BCUT2D eigenvalue weighted by molar-refractivity contribution is 5.81. The van der Waals surface area contributed by atoms with Gasteiger partial charge in [0.2, 0.25) is 0 Å². The molecule has 8 nitrogen and oxygen atoms in total. The molecule has 0 unspecified atom stereocenters. The van der Waals surface area contributed by atoms with E-state index >= 15 is 0 Å². The minimum Gasteiger partial charge on any atom is -0.490 e. The fourth-order valence-corrected chi connectivity index (χ4v) is 2.25. The molecule has 0 radical (unpaired) electrons. The molecule has 0 aliphatic rings. The van der Waals surface area contributed by atoms with Crippen molar-refractivity contribution < 1.29 is 13.9 Å². The van der Waals surface area contributed by atoms with Gasteiger partial charge in [-0.2, -0.15) is 5.10 Å². The van der Waals surface area contributed by atoms with Crippen LogP contribution in [-0.4, -0.2) is 27.7 Å². The molecule has 0 spiro atoms. The van der Waals surface area contributed by atoms with Gasteiger partial charge in [0.1, 0.15) is 18.8 Å². The number of nitrogens with zero attached hydrogens (tertiary/aromatic N) is 4. The van der Waals surface area contributed by atoms with Crippen LogP contribution < -0.4 is 20.7 Å². The Bertz CT molecular complexity index is 928. The number of rotatable bonds is 8. The van der Waals surface area contributed by atoms with E-state index in [1.807, 2.05) is 6.92 Å². The number of aromatic nitrogens is 3. The first kappa shape index (κ1) is 18.2. The van der Waals surface area contributed by atoms with Crippen LogP contribution in [0.25, 0.3) is 0 Å². The summed E-state index contributed by atoms with van der Waals surface area (Å²) >= 11 is 0. The minimum absolute atomic E-state index is 0.105. The quantitative estimate of drug-likeness (QED) is 0.359. The summed E-state index contributed by atoms with van der Waals surface area (Å²) in [5, 5.41) is 11.5. The topological polar surface area (TPSA) is 99.6 Å². The molecule has 27 heavy (non-hydrogen) atoms. The highest BCUT2D eigenvalue weighted by Gasteiger charge is 2.08. The summed E-state index contributed by atoms with van der Waals surface area (Å²) in [5.41, 5.74) is 3.92. The van der Waals surface area contributed by atoms with Crippen molar-refractivity contribution in [1.29, 1.82) is 0 Å². The van der Waals surface area contributed by atoms with Crippen molar-refractivity contribution in [2.45, 2.75) is 13.5 Å². The van der Waals surface area contributed by atoms with Gasteiger partial charge in [-0.25, -0.2) is 14.5 Å². The van der Waals surface area contributed by atoms with Crippen LogP contribution in [0.15, 0.2) is 53.9 Å². The fourth-order valence-electron chi connectivity index (χ4n) is 2.25. The smallest absolute Gasteiger partial charge is 0.263 e. The maximum Gasteiger partial charge on any atom is 0.263 e. The number of anilines is 1. The average molecular weight is 370 g/mol. The van der Waals surface area contributed by atoms with Gasteiger partial charge in [0.25, 0.3) is 5.95 Å². The van der Waals surface area contributed by atoms with E-state index in [0.29, 0.717) is 29.6 Å². The third kappa shape index (κ3) is 4.72. The van der Waals surface area contributed by atoms with Crippen molar-refractivity contribution in [1.82, 2.24) is 14.9 Å². The molecule has 0 aliphatic carbocycles. The van der Waals surface area contributed by atoms with Crippen molar-refractivity contribution in [2.24, 2.45) is 5.10 Å². The van der Waals surface area contributed by atoms with Gasteiger partial charge >= 0.3 is 0 Å². The molecule has 1 aromatic heterocycles. The maximum atomic E-state index is 13.7. The van der Waals surface area contributed by atoms with Gasteiger partial charge in [0.05, 0.1) is 12.8 Å². The average Bonchev–Trinajstić information content (AvgIpc) is 3.07. The molecule has 0 atom stereocenters. The third-order valence-electron chi connectivity index (χ3n) is 3.56. The van der Waals surface area contributed by atoms with Crippen LogP contribution in [-0.2, 0) is 6.61 Å². The number of hydrogen-bond acceptors (Lipinski definition) is 7. The molecule has 0 saturated heterocycles. The third-order valence-corrected chi connectivity index (χ3v) is 3.56. The number of nitrogens with two attached hydrogens (primary N) is 1. The molecule has 3 aromatic rings.